The van der Waals surface area contributed by atoms with Crippen LogP contribution in [0.15, 0.2) is 24.3 Å². The SMILES string of the molecule is CCc1nnc(N2CCCN(C(=O)c3cccc(C)c3)CC2)c(C#N)c1CC. The van der Waals surface area contributed by atoms with Crippen molar-refractivity contribution in [3.8, 4) is 6.07 Å². The minimum Gasteiger partial charge on any atom is -0.352 e. The topological polar surface area (TPSA) is 73.1 Å². The van der Waals surface area contributed by atoms with Crippen molar-refractivity contribution in [2.24, 2.45) is 0 Å². The fraction of sp³-hybridized carbons (Fsp3) is 0.455. The van der Waals surface area contributed by atoms with Crippen molar-refractivity contribution >= 4 is 11.7 Å². The number of aryl methyl sites for hydroxylation is 2. The van der Waals surface area contributed by atoms with Crippen LogP contribution in [0.1, 0.15) is 53.0 Å². The number of nitrogens with zero attached hydrogens (tertiary/aromatic N) is 5. The second kappa shape index (κ2) is 8.83. The molecule has 1 aromatic carbocycles. The number of rotatable bonds is 4. The zero-order valence-electron chi connectivity index (χ0n) is 16.9. The molecule has 3 rings (SSSR count). The summed E-state index contributed by atoms with van der Waals surface area (Å²) in [5.41, 5.74) is 4.33. The maximum Gasteiger partial charge on any atom is 0.253 e. The number of nitriles is 1. The van der Waals surface area contributed by atoms with E-state index in [0.717, 1.165) is 48.2 Å². The third-order valence-electron chi connectivity index (χ3n) is 5.29. The molecule has 0 radical (unpaired) electrons. The van der Waals surface area contributed by atoms with Crippen molar-refractivity contribution in [1.29, 1.82) is 5.26 Å². The maximum atomic E-state index is 12.9. The van der Waals surface area contributed by atoms with Crippen LogP contribution >= 0.6 is 0 Å². The molecule has 0 saturated carbocycles. The molecule has 0 bridgehead atoms. The van der Waals surface area contributed by atoms with Gasteiger partial charge in [0.1, 0.15) is 11.6 Å². The van der Waals surface area contributed by atoms with Gasteiger partial charge in [-0.05, 0) is 43.9 Å². The van der Waals surface area contributed by atoms with E-state index in [1.165, 1.54) is 0 Å². The number of benzene rings is 1. The van der Waals surface area contributed by atoms with Gasteiger partial charge in [0.25, 0.3) is 5.91 Å². The number of carbonyl (C=O) groups is 1. The molecule has 1 amide bonds. The smallest absolute Gasteiger partial charge is 0.253 e. The van der Waals surface area contributed by atoms with Crippen molar-refractivity contribution in [2.75, 3.05) is 31.1 Å². The molecule has 2 aromatic rings. The van der Waals surface area contributed by atoms with Crippen LogP contribution in [0.2, 0.25) is 0 Å². The molecule has 1 fully saturated rings. The molecule has 1 saturated heterocycles. The highest BCUT2D eigenvalue weighted by atomic mass is 16.2. The number of hydrogen-bond donors (Lipinski definition) is 0. The monoisotopic (exact) mass is 377 g/mol. The molecular formula is C22H27N5O. The molecule has 1 aliphatic rings. The summed E-state index contributed by atoms with van der Waals surface area (Å²) < 4.78 is 0. The average Bonchev–Trinajstić information content (AvgIpc) is 2.98. The van der Waals surface area contributed by atoms with Gasteiger partial charge >= 0.3 is 0 Å². The molecule has 146 valence electrons. The van der Waals surface area contributed by atoms with Crippen molar-refractivity contribution in [3.63, 3.8) is 0 Å². The van der Waals surface area contributed by atoms with E-state index >= 15 is 0 Å². The van der Waals surface area contributed by atoms with Gasteiger partial charge in [-0.1, -0.05) is 31.5 Å². The molecule has 0 atom stereocenters. The molecule has 0 aliphatic carbocycles. The standard InChI is InChI=1S/C22H27N5O/c1-4-18-19(15-23)21(25-24-20(18)5-2)26-10-7-11-27(13-12-26)22(28)17-9-6-8-16(3)14-17/h6,8-9,14H,4-5,7,10-13H2,1-3H3. The van der Waals surface area contributed by atoms with Gasteiger partial charge in [-0.25, -0.2) is 0 Å². The summed E-state index contributed by atoms with van der Waals surface area (Å²) >= 11 is 0. The normalized spacial score (nSPS) is 14.5. The Balaban J connectivity index is 1.81. The molecule has 0 N–H and O–H groups in total. The van der Waals surface area contributed by atoms with Crippen molar-refractivity contribution < 1.29 is 4.79 Å². The molecule has 6 heteroatoms. The first kappa shape index (κ1) is 19.8. The lowest BCUT2D eigenvalue weighted by Gasteiger charge is -2.24. The van der Waals surface area contributed by atoms with E-state index in [4.69, 9.17) is 0 Å². The highest BCUT2D eigenvalue weighted by molar-refractivity contribution is 5.94. The van der Waals surface area contributed by atoms with E-state index in [2.05, 4.69) is 21.2 Å². The van der Waals surface area contributed by atoms with E-state index in [0.29, 0.717) is 31.0 Å². The van der Waals surface area contributed by atoms with Crippen LogP contribution in [0.5, 0.6) is 0 Å². The second-order valence-corrected chi connectivity index (χ2v) is 7.15. The Morgan fingerprint density at radius 3 is 2.64 bits per heavy atom. The largest absolute Gasteiger partial charge is 0.352 e. The predicted molar refractivity (Wildman–Crippen MR) is 109 cm³/mol. The van der Waals surface area contributed by atoms with E-state index in [-0.39, 0.29) is 5.91 Å². The quantitative estimate of drug-likeness (QED) is 0.818. The van der Waals surface area contributed by atoms with Gasteiger partial charge in [0.05, 0.1) is 5.69 Å². The minimum atomic E-state index is 0.0627. The van der Waals surface area contributed by atoms with E-state index in [1.807, 2.05) is 49.9 Å². The number of anilines is 1. The van der Waals surface area contributed by atoms with Gasteiger partial charge in [-0.3, -0.25) is 4.79 Å². The first-order valence-electron chi connectivity index (χ1n) is 9.98. The minimum absolute atomic E-state index is 0.0627. The highest BCUT2D eigenvalue weighted by Gasteiger charge is 2.24. The molecule has 0 unspecified atom stereocenters. The first-order chi connectivity index (χ1) is 13.6. The van der Waals surface area contributed by atoms with E-state index in [1.54, 1.807) is 0 Å². The third kappa shape index (κ3) is 3.99. The Hall–Kier alpha value is -2.94. The van der Waals surface area contributed by atoms with Crippen molar-refractivity contribution in [3.05, 3.63) is 52.2 Å². The van der Waals surface area contributed by atoms with Gasteiger partial charge in [0, 0.05) is 31.7 Å². The van der Waals surface area contributed by atoms with Crippen LogP contribution in [0.4, 0.5) is 5.82 Å². The van der Waals surface area contributed by atoms with Gasteiger partial charge < -0.3 is 9.80 Å². The zero-order valence-corrected chi connectivity index (χ0v) is 16.9. The molecule has 0 spiro atoms. The fourth-order valence-corrected chi connectivity index (χ4v) is 3.79. The average molecular weight is 377 g/mol. The predicted octanol–water partition coefficient (Wildman–Crippen LogP) is 3.13. The van der Waals surface area contributed by atoms with Crippen molar-refractivity contribution in [2.45, 2.75) is 40.0 Å². The lowest BCUT2D eigenvalue weighted by atomic mass is 10.0. The summed E-state index contributed by atoms with van der Waals surface area (Å²) in [4.78, 5) is 16.9. The summed E-state index contributed by atoms with van der Waals surface area (Å²) in [6.07, 6.45) is 2.37. The summed E-state index contributed by atoms with van der Waals surface area (Å²) in [5.74, 6) is 0.717. The zero-order chi connectivity index (χ0) is 20.1. The maximum absolute atomic E-state index is 12.9. The lowest BCUT2D eigenvalue weighted by Crippen LogP contribution is -2.35. The molecule has 28 heavy (non-hydrogen) atoms. The Bertz CT molecular complexity index is 902. The molecule has 6 nitrogen and oxygen atoms in total. The number of aromatic nitrogens is 2. The van der Waals surface area contributed by atoms with Crippen LogP contribution < -0.4 is 4.90 Å². The number of carbonyl (C=O) groups excluding carboxylic acids is 1. The Labute approximate surface area is 166 Å². The van der Waals surface area contributed by atoms with E-state index in [9.17, 15) is 10.1 Å². The molecular weight excluding hydrogens is 350 g/mol. The summed E-state index contributed by atoms with van der Waals surface area (Å²) in [6, 6.07) is 10.1. The summed E-state index contributed by atoms with van der Waals surface area (Å²) in [6.45, 7) is 8.79. The van der Waals surface area contributed by atoms with Crippen LogP contribution in [-0.4, -0.2) is 47.2 Å². The van der Waals surface area contributed by atoms with E-state index < -0.39 is 0 Å². The highest BCUT2D eigenvalue weighted by Crippen LogP contribution is 2.24. The molecule has 1 aromatic heterocycles. The van der Waals surface area contributed by atoms with Crippen LogP contribution in [0, 0.1) is 18.3 Å². The Morgan fingerprint density at radius 2 is 1.96 bits per heavy atom. The van der Waals surface area contributed by atoms with Crippen LogP contribution in [-0.2, 0) is 12.8 Å². The third-order valence-corrected chi connectivity index (χ3v) is 5.29. The summed E-state index contributed by atoms with van der Waals surface area (Å²) in [5, 5.41) is 18.5. The lowest BCUT2D eigenvalue weighted by molar-refractivity contribution is 0.0767. The fourth-order valence-electron chi connectivity index (χ4n) is 3.79. The number of hydrogen-bond acceptors (Lipinski definition) is 5. The van der Waals surface area contributed by atoms with Crippen LogP contribution in [0.3, 0.4) is 0 Å². The van der Waals surface area contributed by atoms with Crippen LogP contribution in [0.25, 0.3) is 0 Å². The number of amides is 1. The summed E-state index contributed by atoms with van der Waals surface area (Å²) in [7, 11) is 0. The van der Waals surface area contributed by atoms with Gasteiger partial charge in [0.15, 0.2) is 5.82 Å². The second-order valence-electron chi connectivity index (χ2n) is 7.15. The van der Waals surface area contributed by atoms with Gasteiger partial charge in [-0.15, -0.1) is 5.10 Å². The Kier molecular flexibility index (Phi) is 6.25. The Morgan fingerprint density at radius 1 is 1.14 bits per heavy atom. The molecule has 1 aliphatic heterocycles. The van der Waals surface area contributed by atoms with Gasteiger partial charge in [-0.2, -0.15) is 10.4 Å². The van der Waals surface area contributed by atoms with Gasteiger partial charge in [0.2, 0.25) is 0 Å². The van der Waals surface area contributed by atoms with Crippen molar-refractivity contribution in [1.82, 2.24) is 15.1 Å². The first-order valence-corrected chi connectivity index (χ1v) is 9.98. The molecule has 2 heterocycles.